The molecule has 2 unspecified atom stereocenters. The van der Waals surface area contributed by atoms with Crippen LogP contribution in [0.15, 0.2) is 28.6 Å². The maximum Gasteiger partial charge on any atom is 0.267 e. The molecule has 26 heavy (non-hydrogen) atoms. The van der Waals surface area contributed by atoms with E-state index in [9.17, 15) is 4.79 Å². The minimum atomic E-state index is -0.140. The molecule has 5 rings (SSSR count). The number of nitrogens with zero attached hydrogens (tertiary/aromatic N) is 4. The molecular weight excluding hydrogens is 350 g/mol. The van der Waals surface area contributed by atoms with Gasteiger partial charge in [0.2, 0.25) is 0 Å². The highest BCUT2D eigenvalue weighted by Gasteiger charge is 2.32. The van der Waals surface area contributed by atoms with Gasteiger partial charge in [-0.05, 0) is 42.7 Å². The summed E-state index contributed by atoms with van der Waals surface area (Å²) in [5.74, 6) is 0.780. The van der Waals surface area contributed by atoms with E-state index in [0.717, 1.165) is 53.0 Å². The van der Waals surface area contributed by atoms with E-state index in [0.29, 0.717) is 13.2 Å². The lowest BCUT2D eigenvalue weighted by Crippen LogP contribution is -2.38. The van der Waals surface area contributed by atoms with E-state index in [1.165, 1.54) is 0 Å². The summed E-state index contributed by atoms with van der Waals surface area (Å²) in [6.45, 7) is 0.993. The van der Waals surface area contributed by atoms with Gasteiger partial charge in [-0.25, -0.2) is 14.6 Å². The number of thiophene rings is 1. The van der Waals surface area contributed by atoms with Crippen LogP contribution < -0.4 is 10.9 Å². The third kappa shape index (κ3) is 2.69. The molecule has 8 heteroatoms. The van der Waals surface area contributed by atoms with E-state index in [2.05, 4.69) is 15.3 Å². The van der Waals surface area contributed by atoms with Crippen molar-refractivity contribution in [3.05, 3.63) is 45.5 Å². The van der Waals surface area contributed by atoms with Crippen molar-refractivity contribution in [3.63, 3.8) is 0 Å². The molecule has 1 N–H and O–H groups in total. The fourth-order valence-corrected chi connectivity index (χ4v) is 4.55. The zero-order valence-electron chi connectivity index (χ0n) is 14.2. The molecule has 7 nitrogen and oxygen atoms in total. The van der Waals surface area contributed by atoms with E-state index in [4.69, 9.17) is 9.84 Å². The van der Waals surface area contributed by atoms with Gasteiger partial charge in [0.15, 0.2) is 0 Å². The van der Waals surface area contributed by atoms with Crippen LogP contribution in [0.2, 0.25) is 0 Å². The Morgan fingerprint density at radius 1 is 1.23 bits per heavy atom. The second-order valence-electron chi connectivity index (χ2n) is 6.82. The summed E-state index contributed by atoms with van der Waals surface area (Å²) in [5.41, 5.74) is 2.12. The van der Waals surface area contributed by atoms with Gasteiger partial charge in [0.1, 0.15) is 23.0 Å². The number of rotatable bonds is 3. The average molecular weight is 369 g/mol. The molecule has 2 aliphatic rings. The summed E-state index contributed by atoms with van der Waals surface area (Å²) in [6.07, 6.45) is 5.74. The van der Waals surface area contributed by atoms with Gasteiger partial charge in [-0.1, -0.05) is 0 Å². The second kappa shape index (κ2) is 6.44. The number of aryl methyl sites for hydroxylation is 2. The van der Waals surface area contributed by atoms with E-state index in [1.54, 1.807) is 28.4 Å². The van der Waals surface area contributed by atoms with Crippen molar-refractivity contribution in [3.8, 4) is 0 Å². The average Bonchev–Trinajstić information content (AvgIpc) is 3.31. The van der Waals surface area contributed by atoms with Crippen LogP contribution in [0.4, 0.5) is 5.82 Å². The standard InChI is InChI=1S/C18H19N5O2S/c24-16-7-11-3-1-2-4-13(11)22-23(16)15-9-25-8-14(15)21-17-12-5-6-26-18(12)20-10-19-17/h5-7,10,14-15H,1-4,8-9H2,(H,19,20,21). The van der Waals surface area contributed by atoms with Gasteiger partial charge in [-0.15, -0.1) is 11.3 Å². The van der Waals surface area contributed by atoms with Crippen molar-refractivity contribution >= 4 is 27.4 Å². The Bertz CT molecular complexity index is 1010. The van der Waals surface area contributed by atoms with Crippen LogP contribution >= 0.6 is 11.3 Å². The number of aromatic nitrogens is 4. The zero-order chi connectivity index (χ0) is 17.5. The van der Waals surface area contributed by atoms with Crippen molar-refractivity contribution in [2.75, 3.05) is 18.5 Å². The number of hydrogen-bond donors (Lipinski definition) is 1. The summed E-state index contributed by atoms with van der Waals surface area (Å²) in [5, 5.41) is 11.1. The molecule has 0 bridgehead atoms. The smallest absolute Gasteiger partial charge is 0.267 e. The minimum absolute atomic E-state index is 0.0451. The van der Waals surface area contributed by atoms with Gasteiger partial charge >= 0.3 is 0 Å². The van der Waals surface area contributed by atoms with Crippen molar-refractivity contribution < 1.29 is 4.74 Å². The first-order valence-corrected chi connectivity index (χ1v) is 9.81. The highest BCUT2D eigenvalue weighted by molar-refractivity contribution is 7.16. The van der Waals surface area contributed by atoms with E-state index in [1.807, 2.05) is 11.4 Å². The largest absolute Gasteiger partial charge is 0.377 e. The Balaban J connectivity index is 1.48. The quantitative estimate of drug-likeness (QED) is 0.762. The fourth-order valence-electron chi connectivity index (χ4n) is 3.82. The molecule has 3 aromatic heterocycles. The molecule has 1 aliphatic heterocycles. The summed E-state index contributed by atoms with van der Waals surface area (Å²) in [7, 11) is 0. The molecule has 4 heterocycles. The van der Waals surface area contributed by atoms with Crippen molar-refractivity contribution in [2.24, 2.45) is 0 Å². The second-order valence-corrected chi connectivity index (χ2v) is 7.72. The highest BCUT2D eigenvalue weighted by Crippen LogP contribution is 2.28. The first kappa shape index (κ1) is 15.9. The SMILES string of the molecule is O=c1cc2c(nn1C1COCC1Nc1ncnc3sccc13)CCCC2. The Morgan fingerprint density at radius 2 is 2.15 bits per heavy atom. The monoisotopic (exact) mass is 369 g/mol. The van der Waals surface area contributed by atoms with E-state index >= 15 is 0 Å². The molecule has 134 valence electrons. The Kier molecular flexibility index (Phi) is 3.94. The molecule has 0 aromatic carbocycles. The maximum absolute atomic E-state index is 12.6. The van der Waals surface area contributed by atoms with Gasteiger partial charge < -0.3 is 10.1 Å². The minimum Gasteiger partial charge on any atom is -0.377 e. The van der Waals surface area contributed by atoms with Crippen LogP contribution in [0.1, 0.15) is 30.1 Å². The fraction of sp³-hybridized carbons (Fsp3) is 0.444. The molecule has 0 saturated carbocycles. The summed E-state index contributed by atoms with van der Waals surface area (Å²) in [6, 6.07) is 3.58. The van der Waals surface area contributed by atoms with Crippen LogP contribution in [0.25, 0.3) is 10.2 Å². The lowest BCUT2D eigenvalue weighted by molar-refractivity contribution is 0.182. The molecular formula is C18H19N5O2S. The maximum atomic E-state index is 12.6. The molecule has 3 aromatic rings. The van der Waals surface area contributed by atoms with Crippen LogP contribution in [-0.4, -0.2) is 39.0 Å². The van der Waals surface area contributed by atoms with Gasteiger partial charge in [0, 0.05) is 6.07 Å². The molecule has 0 amide bonds. The third-order valence-electron chi connectivity index (χ3n) is 5.18. The Morgan fingerprint density at radius 3 is 3.12 bits per heavy atom. The number of nitrogens with one attached hydrogen (secondary N) is 1. The number of anilines is 1. The summed E-state index contributed by atoms with van der Waals surface area (Å²) in [4.78, 5) is 22.3. The van der Waals surface area contributed by atoms with E-state index < -0.39 is 0 Å². The normalized spacial score (nSPS) is 22.5. The first-order valence-electron chi connectivity index (χ1n) is 8.94. The Hall–Kier alpha value is -2.32. The zero-order valence-corrected chi connectivity index (χ0v) is 15.0. The van der Waals surface area contributed by atoms with Crippen molar-refractivity contribution in [1.82, 2.24) is 19.7 Å². The summed E-state index contributed by atoms with van der Waals surface area (Å²) < 4.78 is 7.30. The number of fused-ring (bicyclic) bond motifs is 2. The predicted molar refractivity (Wildman–Crippen MR) is 99.8 cm³/mol. The van der Waals surface area contributed by atoms with Gasteiger partial charge in [0.05, 0.1) is 30.3 Å². The van der Waals surface area contributed by atoms with Gasteiger partial charge in [-0.2, -0.15) is 5.10 Å². The van der Waals surface area contributed by atoms with E-state index in [-0.39, 0.29) is 17.6 Å². The number of hydrogen-bond acceptors (Lipinski definition) is 7. The lowest BCUT2D eigenvalue weighted by Gasteiger charge is -2.23. The molecule has 0 radical (unpaired) electrons. The molecule has 1 aliphatic carbocycles. The predicted octanol–water partition coefficient (Wildman–Crippen LogP) is 2.18. The summed E-state index contributed by atoms with van der Waals surface area (Å²) >= 11 is 1.58. The van der Waals surface area contributed by atoms with Gasteiger partial charge in [-0.3, -0.25) is 4.79 Å². The molecule has 2 atom stereocenters. The Labute approximate surface area is 154 Å². The third-order valence-corrected chi connectivity index (χ3v) is 6.00. The highest BCUT2D eigenvalue weighted by atomic mass is 32.1. The van der Waals surface area contributed by atoms with Crippen LogP contribution in [-0.2, 0) is 17.6 Å². The molecule has 0 spiro atoms. The molecule has 1 fully saturated rings. The van der Waals surface area contributed by atoms with Crippen LogP contribution in [0, 0.1) is 0 Å². The van der Waals surface area contributed by atoms with Crippen molar-refractivity contribution in [2.45, 2.75) is 37.8 Å². The van der Waals surface area contributed by atoms with Gasteiger partial charge in [0.25, 0.3) is 5.56 Å². The lowest BCUT2D eigenvalue weighted by atomic mass is 9.97. The molecule has 1 saturated heterocycles. The van der Waals surface area contributed by atoms with Crippen molar-refractivity contribution in [1.29, 1.82) is 0 Å². The van der Waals surface area contributed by atoms with Crippen LogP contribution in [0.5, 0.6) is 0 Å². The topological polar surface area (TPSA) is 81.9 Å². The first-order chi connectivity index (χ1) is 12.8. The van der Waals surface area contributed by atoms with Crippen LogP contribution in [0.3, 0.4) is 0 Å². The number of ether oxygens (including phenoxy) is 1.